The lowest BCUT2D eigenvalue weighted by Gasteiger charge is -2.12. The standard InChI is InChI=1S/C22H23FN6O3/c1-22(2,3)17-10-18(28-32-17)27-21(30)29-8-7-14-15(29)5-6-16(20(14)23)31-19-9-13(11-24-4)25-12-26-19/h5-10,12,24H,11H2,1-4H3,(H,27,28,30). The van der Waals surface area contributed by atoms with E-state index < -0.39 is 11.8 Å². The van der Waals surface area contributed by atoms with Gasteiger partial charge < -0.3 is 14.6 Å². The zero-order valence-electron chi connectivity index (χ0n) is 18.1. The first-order valence-electron chi connectivity index (χ1n) is 9.98. The second-order valence-electron chi connectivity index (χ2n) is 8.23. The fraction of sp³-hybridized carbons (Fsp3) is 0.273. The molecule has 3 aromatic heterocycles. The van der Waals surface area contributed by atoms with Crippen molar-refractivity contribution in [3.63, 3.8) is 0 Å². The van der Waals surface area contributed by atoms with Crippen LogP contribution < -0.4 is 15.4 Å². The molecule has 32 heavy (non-hydrogen) atoms. The fourth-order valence-electron chi connectivity index (χ4n) is 3.10. The number of nitrogens with one attached hydrogen (secondary N) is 2. The minimum atomic E-state index is -0.598. The number of carbonyl (C=O) groups is 1. The van der Waals surface area contributed by atoms with Gasteiger partial charge in [0, 0.05) is 35.7 Å². The third-order valence-corrected chi connectivity index (χ3v) is 4.75. The van der Waals surface area contributed by atoms with Crippen LogP contribution in [-0.4, -0.2) is 32.8 Å². The molecule has 0 atom stereocenters. The van der Waals surface area contributed by atoms with Crippen LogP contribution in [-0.2, 0) is 12.0 Å². The maximum absolute atomic E-state index is 15.1. The van der Waals surface area contributed by atoms with Gasteiger partial charge in [0.25, 0.3) is 0 Å². The predicted octanol–water partition coefficient (Wildman–Crippen LogP) is 4.45. The molecule has 0 bridgehead atoms. The Morgan fingerprint density at radius 3 is 2.75 bits per heavy atom. The molecule has 0 spiro atoms. The van der Waals surface area contributed by atoms with E-state index in [1.54, 1.807) is 25.2 Å². The van der Waals surface area contributed by atoms with Crippen LogP contribution in [0.15, 0.2) is 47.4 Å². The number of anilines is 1. The van der Waals surface area contributed by atoms with Gasteiger partial charge >= 0.3 is 6.03 Å². The number of ether oxygens (including phenoxy) is 1. The van der Waals surface area contributed by atoms with Crippen molar-refractivity contribution in [1.82, 2.24) is 25.0 Å². The summed E-state index contributed by atoms with van der Waals surface area (Å²) in [6.45, 7) is 6.46. The van der Waals surface area contributed by atoms with Crippen molar-refractivity contribution in [2.24, 2.45) is 0 Å². The van der Waals surface area contributed by atoms with E-state index in [1.807, 2.05) is 20.8 Å². The van der Waals surface area contributed by atoms with Crippen molar-refractivity contribution in [3.05, 3.63) is 60.1 Å². The summed E-state index contributed by atoms with van der Waals surface area (Å²) in [5.41, 5.74) is 0.849. The lowest BCUT2D eigenvalue weighted by molar-refractivity contribution is 0.254. The average molecular weight is 438 g/mol. The lowest BCUT2D eigenvalue weighted by atomic mass is 9.93. The van der Waals surface area contributed by atoms with Crippen molar-refractivity contribution in [2.75, 3.05) is 12.4 Å². The quantitative estimate of drug-likeness (QED) is 0.474. The van der Waals surface area contributed by atoms with Gasteiger partial charge in [0.1, 0.15) is 12.1 Å². The second-order valence-corrected chi connectivity index (χ2v) is 8.23. The van der Waals surface area contributed by atoms with E-state index in [-0.39, 0.29) is 28.2 Å². The first-order chi connectivity index (χ1) is 15.3. The minimum absolute atomic E-state index is 0.00362. The maximum atomic E-state index is 15.1. The van der Waals surface area contributed by atoms with Crippen LogP contribution in [0.4, 0.5) is 15.0 Å². The molecule has 2 N–H and O–H groups in total. The van der Waals surface area contributed by atoms with Crippen LogP contribution in [0.2, 0.25) is 0 Å². The van der Waals surface area contributed by atoms with E-state index >= 15 is 4.39 Å². The Hall–Kier alpha value is -3.79. The number of fused-ring (bicyclic) bond motifs is 1. The maximum Gasteiger partial charge on any atom is 0.331 e. The fourth-order valence-corrected chi connectivity index (χ4v) is 3.10. The molecule has 0 radical (unpaired) electrons. The van der Waals surface area contributed by atoms with Gasteiger partial charge in [-0.25, -0.2) is 19.2 Å². The summed E-state index contributed by atoms with van der Waals surface area (Å²) in [5.74, 6) is 0.542. The number of halogens is 1. The molecule has 1 aromatic carbocycles. The highest BCUT2D eigenvalue weighted by Gasteiger charge is 2.21. The zero-order chi connectivity index (χ0) is 22.9. The molecule has 166 valence electrons. The summed E-state index contributed by atoms with van der Waals surface area (Å²) in [6.07, 6.45) is 2.83. The Morgan fingerprint density at radius 2 is 2.03 bits per heavy atom. The van der Waals surface area contributed by atoms with Gasteiger partial charge in [0.05, 0.1) is 11.2 Å². The van der Waals surface area contributed by atoms with E-state index in [1.165, 1.54) is 29.2 Å². The van der Waals surface area contributed by atoms with Crippen molar-refractivity contribution in [2.45, 2.75) is 32.7 Å². The van der Waals surface area contributed by atoms with Crippen molar-refractivity contribution in [1.29, 1.82) is 0 Å². The first-order valence-corrected chi connectivity index (χ1v) is 9.98. The largest absolute Gasteiger partial charge is 0.436 e. The molecule has 4 aromatic rings. The Labute approximate surface area is 183 Å². The minimum Gasteiger partial charge on any atom is -0.436 e. The molecule has 0 aliphatic heterocycles. The van der Waals surface area contributed by atoms with E-state index in [4.69, 9.17) is 9.26 Å². The lowest BCUT2D eigenvalue weighted by Crippen LogP contribution is -2.18. The van der Waals surface area contributed by atoms with Crippen molar-refractivity contribution >= 4 is 22.8 Å². The molecule has 0 saturated heterocycles. The molecular weight excluding hydrogens is 415 g/mol. The van der Waals surface area contributed by atoms with Gasteiger partial charge in [-0.3, -0.25) is 9.88 Å². The van der Waals surface area contributed by atoms with Crippen LogP contribution in [0.5, 0.6) is 11.6 Å². The van der Waals surface area contributed by atoms with E-state index in [2.05, 4.69) is 25.8 Å². The van der Waals surface area contributed by atoms with Crippen LogP contribution >= 0.6 is 0 Å². The summed E-state index contributed by atoms with van der Waals surface area (Å²) >= 11 is 0. The number of benzene rings is 1. The SMILES string of the molecule is CNCc1cc(Oc2ccc3c(ccn3C(=O)Nc3cc(C(C)(C)C)on3)c2F)ncn1. The van der Waals surface area contributed by atoms with Crippen LogP contribution in [0.1, 0.15) is 32.2 Å². The smallest absolute Gasteiger partial charge is 0.331 e. The molecule has 0 unspecified atom stereocenters. The van der Waals surface area contributed by atoms with Gasteiger partial charge in [-0.1, -0.05) is 25.9 Å². The molecule has 0 aliphatic carbocycles. The predicted molar refractivity (Wildman–Crippen MR) is 116 cm³/mol. The Bertz CT molecular complexity index is 1270. The third-order valence-electron chi connectivity index (χ3n) is 4.75. The van der Waals surface area contributed by atoms with Gasteiger partial charge in [0.2, 0.25) is 5.88 Å². The highest BCUT2D eigenvalue weighted by Crippen LogP contribution is 2.30. The molecule has 1 amide bonds. The Kier molecular flexibility index (Phi) is 5.62. The number of carbonyl (C=O) groups excluding carboxylic acids is 1. The van der Waals surface area contributed by atoms with Crippen LogP contribution in [0, 0.1) is 5.82 Å². The van der Waals surface area contributed by atoms with Crippen molar-refractivity contribution in [3.8, 4) is 11.6 Å². The van der Waals surface area contributed by atoms with Crippen LogP contribution in [0.25, 0.3) is 10.9 Å². The Morgan fingerprint density at radius 1 is 1.22 bits per heavy atom. The van der Waals surface area contributed by atoms with Gasteiger partial charge in [-0.05, 0) is 25.2 Å². The number of hydrogen-bond acceptors (Lipinski definition) is 7. The van der Waals surface area contributed by atoms with Crippen LogP contribution in [0.3, 0.4) is 0 Å². The molecule has 0 aliphatic rings. The topological polar surface area (TPSA) is 107 Å². The number of aromatic nitrogens is 4. The summed E-state index contributed by atoms with van der Waals surface area (Å²) in [4.78, 5) is 20.9. The van der Waals surface area contributed by atoms with E-state index in [0.29, 0.717) is 23.5 Å². The number of amides is 1. The molecule has 10 heteroatoms. The third kappa shape index (κ3) is 4.30. The summed E-state index contributed by atoms with van der Waals surface area (Å²) in [5, 5.41) is 9.76. The van der Waals surface area contributed by atoms with E-state index in [0.717, 1.165) is 0 Å². The summed E-state index contributed by atoms with van der Waals surface area (Å²) < 4.78 is 27.3. The van der Waals surface area contributed by atoms with Gasteiger partial charge in [-0.2, -0.15) is 0 Å². The van der Waals surface area contributed by atoms with Gasteiger partial charge in [0.15, 0.2) is 17.4 Å². The van der Waals surface area contributed by atoms with Crippen molar-refractivity contribution < 1.29 is 18.4 Å². The molecule has 3 heterocycles. The number of hydrogen-bond donors (Lipinski definition) is 2. The highest BCUT2D eigenvalue weighted by molar-refractivity contribution is 5.98. The zero-order valence-corrected chi connectivity index (χ0v) is 18.1. The van der Waals surface area contributed by atoms with E-state index in [9.17, 15) is 4.79 Å². The number of nitrogens with zero attached hydrogens (tertiary/aromatic N) is 4. The molecule has 4 rings (SSSR count). The second kappa shape index (κ2) is 8.39. The van der Waals surface area contributed by atoms with Gasteiger partial charge in [-0.15, -0.1) is 0 Å². The highest BCUT2D eigenvalue weighted by atomic mass is 19.1. The molecule has 0 saturated carbocycles. The normalized spacial score (nSPS) is 11.7. The summed E-state index contributed by atoms with van der Waals surface area (Å²) in [7, 11) is 1.79. The molecule has 0 fully saturated rings. The molecular formula is C22H23FN6O3. The average Bonchev–Trinajstić information content (AvgIpc) is 3.38. The number of rotatable bonds is 5. The molecule has 9 nitrogen and oxygen atoms in total. The first kappa shape index (κ1) is 21.4. The monoisotopic (exact) mass is 438 g/mol. The summed E-state index contributed by atoms with van der Waals surface area (Å²) in [6, 6.07) is 7.37. The Balaban J connectivity index is 1.56.